The zero-order valence-corrected chi connectivity index (χ0v) is 51.0. The molecular weight excluding hydrogens is 1250 g/mol. The van der Waals surface area contributed by atoms with E-state index in [9.17, 15) is 82.4 Å². The third-order valence-electron chi connectivity index (χ3n) is 15.6. The molecule has 0 bridgehead atoms. The number of nitrogen functional groups attached to an aromatic ring is 1. The number of carbonyl (C=O) groups excluding carboxylic acids is 10. The second-order valence-corrected chi connectivity index (χ2v) is 22.7. The molecule has 0 saturated carbocycles. The second kappa shape index (κ2) is 29.9. The number of carbonyl (C=O) groups is 13. The van der Waals surface area contributed by atoms with E-state index in [0.29, 0.717) is 23.1 Å². The summed E-state index contributed by atoms with van der Waals surface area (Å²) in [4.78, 5) is 202. The number of likely N-dealkylation sites (tertiary alicyclic amines) is 1. The van der Waals surface area contributed by atoms with Crippen molar-refractivity contribution in [1.29, 1.82) is 5.41 Å². The van der Waals surface area contributed by atoms with E-state index in [1.165, 1.54) is 61.4 Å². The number of rotatable bonds is 31. The third kappa shape index (κ3) is 15.9. The number of H-pyrrole nitrogens is 1. The Morgan fingerprint density at radius 2 is 1.55 bits per heavy atom. The van der Waals surface area contributed by atoms with E-state index in [2.05, 4.69) is 51.8 Å². The molecule has 2 aromatic heterocycles. The number of ketones is 2. The number of guanidine groups is 1. The fourth-order valence-corrected chi connectivity index (χ4v) is 12.2. The Morgan fingerprint density at radius 3 is 2.18 bits per heavy atom. The predicted molar refractivity (Wildman–Crippen MR) is 320 cm³/mol. The van der Waals surface area contributed by atoms with Crippen molar-refractivity contribution >= 4 is 117 Å². The summed E-state index contributed by atoms with van der Waals surface area (Å²) < 4.78 is 16.4. The molecule has 1 aromatic carbocycles. The summed E-state index contributed by atoms with van der Waals surface area (Å²) in [7, 11) is 2.48. The van der Waals surface area contributed by atoms with E-state index in [1.807, 2.05) is 0 Å². The smallest absolute Gasteiger partial charge is 0.404 e. The molecule has 3 aliphatic heterocycles. The molecule has 93 heavy (non-hydrogen) atoms. The Morgan fingerprint density at radius 1 is 0.871 bits per heavy atom. The number of nitrogens with two attached hydrogens (primary N) is 3. The molecule has 8 amide bonds. The first-order chi connectivity index (χ1) is 44.0. The minimum absolute atomic E-state index is 0.0143. The van der Waals surface area contributed by atoms with Gasteiger partial charge in [-0.1, -0.05) is 0 Å². The van der Waals surface area contributed by atoms with E-state index < -0.39 is 187 Å². The minimum atomic E-state index is -2.00. The fraction of sp³-hybridized carbons (Fsp3) is 0.455. The molecule has 17 N–H and O–H groups in total. The predicted octanol–water partition coefficient (Wildman–Crippen LogP) is -3.72. The van der Waals surface area contributed by atoms with Crippen LogP contribution in [0.5, 0.6) is 0 Å². The average Bonchev–Trinajstić information content (AvgIpc) is 1.53. The molecule has 3 aromatic rings. The van der Waals surface area contributed by atoms with Crippen LogP contribution in [0.3, 0.4) is 0 Å². The molecule has 0 spiro atoms. The standard InChI is InChI=1S/C55H67N17O20S/c1-23-41(78)40-38(42(79)43(23)90-3)28(20-92-54(59)89)55(91-4)24(2)71(22-72(40)55)35(74)13-15-70-36(75)17-33(49(70)84)93-21-32(51(87)88)67-47(82)31(16-37(76)77)66-46(81)29(6-5-14-60-52(56)57)64-34(73)12-11-30(50(85)86)65-45(80)25-7-9-26(10-8-25)61-18-27-19-62-44-39(63-27)48(83)69-53(58)68-44/h7-10,19,24,28-33,61H,5-6,11-18,20-22H2,1-4H3,(H2,59,89)(H,64,73)(H,65,80)(H,66,81)(H,67,82)(H,76,77)(H,85,86)(H,87,88)(H4,56,57,60)(H3,58,62,68,69,83)/t24-,28+,29-,30-,31-,32-,33?,55-/m1/s1. The summed E-state index contributed by atoms with van der Waals surface area (Å²) in [5.74, 6) is -15.2. The van der Waals surface area contributed by atoms with Crippen LogP contribution in [0, 0.1) is 11.3 Å². The summed E-state index contributed by atoms with van der Waals surface area (Å²) in [6.45, 7) is 1.67. The van der Waals surface area contributed by atoms with Crippen LogP contribution in [0.25, 0.3) is 11.2 Å². The zero-order chi connectivity index (χ0) is 68.3. The van der Waals surface area contributed by atoms with Crippen molar-refractivity contribution < 1.29 is 91.9 Å². The van der Waals surface area contributed by atoms with Crippen LogP contribution in [0.4, 0.5) is 16.4 Å². The monoisotopic (exact) mass is 1320 g/mol. The highest BCUT2D eigenvalue weighted by molar-refractivity contribution is 8.00. The number of fused-ring (bicyclic) bond motifs is 3. The Balaban J connectivity index is 0.925. The van der Waals surface area contributed by atoms with Crippen LogP contribution in [0.2, 0.25) is 0 Å². The van der Waals surface area contributed by atoms with Gasteiger partial charge in [-0.25, -0.2) is 24.4 Å². The number of methoxy groups -OCH3 is 2. The maximum Gasteiger partial charge on any atom is 0.404 e. The van der Waals surface area contributed by atoms with Crippen molar-refractivity contribution in [3.8, 4) is 0 Å². The highest BCUT2D eigenvalue weighted by Gasteiger charge is 2.67. The van der Waals surface area contributed by atoms with Crippen molar-refractivity contribution in [2.24, 2.45) is 17.4 Å². The Hall–Kier alpha value is -10.8. The van der Waals surface area contributed by atoms with Crippen LogP contribution in [0.1, 0.15) is 74.8 Å². The topological polar surface area (TPSA) is 566 Å². The number of primary amides is 1. The number of aromatic amines is 1. The number of hydrogen-bond donors (Lipinski definition) is 14. The molecule has 498 valence electrons. The molecule has 5 heterocycles. The Bertz CT molecular complexity index is 3690. The van der Waals surface area contributed by atoms with Gasteiger partial charge in [0, 0.05) is 67.6 Å². The highest BCUT2D eigenvalue weighted by Crippen LogP contribution is 2.53. The molecule has 4 aliphatic rings. The van der Waals surface area contributed by atoms with E-state index in [1.54, 1.807) is 6.92 Å². The first-order valence-electron chi connectivity index (χ1n) is 28.4. The number of imide groups is 1. The number of amides is 8. The van der Waals surface area contributed by atoms with Crippen LogP contribution < -0.4 is 54.7 Å². The lowest BCUT2D eigenvalue weighted by atomic mass is 9.82. The van der Waals surface area contributed by atoms with Gasteiger partial charge in [-0.3, -0.25) is 68.0 Å². The third-order valence-corrected chi connectivity index (χ3v) is 16.9. The number of carboxylic acid groups (broad SMARTS) is 3. The maximum absolute atomic E-state index is 14.0. The van der Waals surface area contributed by atoms with E-state index >= 15 is 0 Å². The van der Waals surface area contributed by atoms with E-state index in [-0.39, 0.29) is 77.9 Å². The van der Waals surface area contributed by atoms with Crippen LogP contribution in [0.15, 0.2) is 57.9 Å². The number of allylic oxidation sites excluding steroid dienone is 2. The molecule has 0 radical (unpaired) electrons. The lowest BCUT2D eigenvalue weighted by Crippen LogP contribution is -2.56. The molecule has 2 fully saturated rings. The number of thioether (sulfide) groups is 1. The molecule has 38 heteroatoms. The largest absolute Gasteiger partial charge is 0.492 e. The lowest BCUT2D eigenvalue weighted by Gasteiger charge is -2.40. The lowest BCUT2D eigenvalue weighted by molar-refractivity contribution is -0.147. The first-order valence-corrected chi connectivity index (χ1v) is 29.5. The average molecular weight is 1320 g/mol. The van der Waals surface area contributed by atoms with Gasteiger partial charge < -0.3 is 88.4 Å². The van der Waals surface area contributed by atoms with Crippen molar-refractivity contribution in [3.05, 3.63) is 74.7 Å². The normalized spacial score (nSPS) is 19.7. The number of nitrogens with one attached hydrogen (secondary N) is 8. The number of hydrogen-bond acceptors (Lipinski definition) is 25. The van der Waals surface area contributed by atoms with Gasteiger partial charge in [0.15, 0.2) is 28.6 Å². The van der Waals surface area contributed by atoms with Gasteiger partial charge in [0.05, 0.1) is 61.5 Å². The van der Waals surface area contributed by atoms with Gasteiger partial charge in [-0.15, -0.1) is 11.8 Å². The number of anilines is 2. The van der Waals surface area contributed by atoms with Crippen LogP contribution in [-0.2, 0) is 73.5 Å². The molecule has 37 nitrogen and oxygen atoms in total. The Labute approximate surface area is 530 Å². The van der Waals surface area contributed by atoms with Crippen molar-refractivity contribution in [2.75, 3.05) is 57.4 Å². The van der Waals surface area contributed by atoms with Gasteiger partial charge in [0.1, 0.15) is 30.8 Å². The number of aromatic nitrogens is 4. The van der Waals surface area contributed by atoms with E-state index in [0.717, 1.165) is 4.90 Å². The highest BCUT2D eigenvalue weighted by atomic mass is 32.2. The SMILES string of the molecule is COC1=C(C)C(=O)C2=C(C1=O)[C@H](COC(N)=O)[C@]1(OC)[C@@H](C)N(C(=O)CCN3C(=O)CC(SC[C@@H](NC(=O)[C@@H](CC(=O)O)NC(=O)[C@@H](CCCNC(=N)N)NC(=O)CC[C@@H](NC(=O)c4ccc(NCc5cnc6nc(N)[nH]c(=O)c6n5)cc4)C(=O)O)C(=O)O)C3=O)CN21. The molecule has 7 rings (SSSR count). The van der Waals surface area contributed by atoms with Crippen LogP contribution >= 0.6 is 11.8 Å². The summed E-state index contributed by atoms with van der Waals surface area (Å²) in [5, 5.41) is 50.7. The number of nitrogens with zero attached hydrogens (tertiary/aromatic N) is 6. The molecular formula is C55H67N17O20S. The molecule has 8 atom stereocenters. The van der Waals surface area contributed by atoms with Gasteiger partial charge in [-0.2, -0.15) is 4.98 Å². The maximum atomic E-state index is 14.0. The Kier molecular flexibility index (Phi) is 22.4. The number of Topliss-reactive ketones (excluding diaryl/α,β-unsaturated/α-hetero) is 2. The second-order valence-electron chi connectivity index (χ2n) is 21.5. The summed E-state index contributed by atoms with van der Waals surface area (Å²) in [6.07, 6.45) is -3.24. The number of carboxylic acids is 3. The quantitative estimate of drug-likeness (QED) is 0.00968. The molecule has 1 aliphatic carbocycles. The number of ether oxygens (including phenoxy) is 3. The summed E-state index contributed by atoms with van der Waals surface area (Å²) in [5.41, 5.74) is 14.6. The number of aliphatic carboxylic acids is 3. The first kappa shape index (κ1) is 69.7. The van der Waals surface area contributed by atoms with E-state index in [4.69, 9.17) is 36.8 Å². The molecule has 2 saturated heterocycles. The van der Waals surface area contributed by atoms with Gasteiger partial charge >= 0.3 is 24.0 Å². The zero-order valence-electron chi connectivity index (χ0n) is 50.2. The summed E-state index contributed by atoms with van der Waals surface area (Å²) in [6, 6.07) is -2.32. The fourth-order valence-electron chi connectivity index (χ4n) is 11.0. The minimum Gasteiger partial charge on any atom is -0.492 e. The summed E-state index contributed by atoms with van der Waals surface area (Å²) >= 11 is 0.642. The molecule has 1 unspecified atom stereocenters. The van der Waals surface area contributed by atoms with Gasteiger partial charge in [0.25, 0.3) is 11.5 Å². The van der Waals surface area contributed by atoms with Crippen molar-refractivity contribution in [1.82, 2.24) is 61.2 Å². The number of benzene rings is 1. The van der Waals surface area contributed by atoms with Crippen LogP contribution in [-0.4, -0.2) is 220 Å². The van der Waals surface area contributed by atoms with Gasteiger partial charge in [0.2, 0.25) is 53.0 Å². The van der Waals surface area contributed by atoms with Crippen molar-refractivity contribution in [2.45, 2.75) is 107 Å². The van der Waals surface area contributed by atoms with Crippen molar-refractivity contribution in [3.63, 3.8) is 0 Å². The van der Waals surface area contributed by atoms with Gasteiger partial charge in [-0.05, 0) is 57.4 Å².